The lowest BCUT2D eigenvalue weighted by Crippen LogP contribution is -2.33. The van der Waals surface area contributed by atoms with Crippen molar-refractivity contribution in [2.45, 2.75) is 24.7 Å². The number of anilines is 3. The Morgan fingerprint density at radius 3 is 2.53 bits per heavy atom. The molecule has 0 unspecified atom stereocenters. The first-order chi connectivity index (χ1) is 14.4. The first kappa shape index (κ1) is 20.5. The summed E-state index contributed by atoms with van der Waals surface area (Å²) < 4.78 is 27.6. The highest BCUT2D eigenvalue weighted by Crippen LogP contribution is 2.21. The van der Waals surface area contributed by atoms with Gasteiger partial charge in [0.25, 0.3) is 0 Å². The van der Waals surface area contributed by atoms with E-state index in [1.807, 2.05) is 13.0 Å². The number of aromatic nitrogens is 3. The summed E-state index contributed by atoms with van der Waals surface area (Å²) in [5.41, 5.74) is 9.42. The zero-order valence-corrected chi connectivity index (χ0v) is 17.6. The second-order valence-electron chi connectivity index (χ2n) is 7.43. The molecule has 10 heteroatoms. The van der Waals surface area contributed by atoms with Crippen LogP contribution in [0.25, 0.3) is 11.0 Å². The standard InChI is InChI=1S/C20H25N7O2S/c1-14-12-18-19(13-17(14)21)25-26-20(24-18)23-15-4-6-16(7-5-15)30(28,29)22-8-11-27-9-2-3-10-27/h4-7,12-13,22H,2-3,8-11,21H2,1H3,(H,23,24,26). The van der Waals surface area contributed by atoms with Crippen LogP contribution in [0, 0.1) is 6.92 Å². The molecular weight excluding hydrogens is 402 g/mol. The largest absolute Gasteiger partial charge is 0.398 e. The molecule has 0 amide bonds. The molecule has 1 aromatic heterocycles. The van der Waals surface area contributed by atoms with Crippen molar-refractivity contribution in [3.63, 3.8) is 0 Å². The minimum atomic E-state index is -3.54. The van der Waals surface area contributed by atoms with Gasteiger partial charge in [-0.15, -0.1) is 10.2 Å². The zero-order valence-electron chi connectivity index (χ0n) is 16.8. The quantitative estimate of drug-likeness (QED) is 0.489. The van der Waals surface area contributed by atoms with Crippen molar-refractivity contribution in [2.75, 3.05) is 37.2 Å². The monoisotopic (exact) mass is 427 g/mol. The van der Waals surface area contributed by atoms with Gasteiger partial charge in [0.2, 0.25) is 16.0 Å². The molecule has 0 atom stereocenters. The Bertz CT molecular complexity index is 1140. The third-order valence-corrected chi connectivity index (χ3v) is 6.66. The Labute approximate surface area is 175 Å². The first-order valence-corrected chi connectivity index (χ1v) is 11.4. The second kappa shape index (κ2) is 8.50. The minimum absolute atomic E-state index is 0.220. The highest BCUT2D eigenvalue weighted by Gasteiger charge is 2.16. The fourth-order valence-electron chi connectivity index (χ4n) is 3.43. The number of sulfonamides is 1. The Morgan fingerprint density at radius 1 is 1.07 bits per heavy atom. The predicted molar refractivity (Wildman–Crippen MR) is 117 cm³/mol. The maximum atomic E-state index is 12.5. The number of nitrogen functional groups attached to an aromatic ring is 1. The lowest BCUT2D eigenvalue weighted by atomic mass is 10.2. The van der Waals surface area contributed by atoms with Crippen LogP contribution in [0.5, 0.6) is 0 Å². The Kier molecular flexibility index (Phi) is 5.80. The van der Waals surface area contributed by atoms with Crippen LogP contribution in [-0.2, 0) is 10.0 Å². The minimum Gasteiger partial charge on any atom is -0.398 e. The summed E-state index contributed by atoms with van der Waals surface area (Å²) in [6.45, 7) is 5.13. The van der Waals surface area contributed by atoms with Crippen molar-refractivity contribution < 1.29 is 8.42 Å². The number of likely N-dealkylation sites (tertiary alicyclic amines) is 1. The number of nitrogens with two attached hydrogens (primary N) is 1. The lowest BCUT2D eigenvalue weighted by Gasteiger charge is -2.15. The van der Waals surface area contributed by atoms with E-state index < -0.39 is 10.0 Å². The fraction of sp³-hybridized carbons (Fsp3) is 0.350. The first-order valence-electron chi connectivity index (χ1n) is 9.90. The maximum absolute atomic E-state index is 12.5. The summed E-state index contributed by atoms with van der Waals surface area (Å²) in [6.07, 6.45) is 2.37. The average Bonchev–Trinajstić information content (AvgIpc) is 3.23. The van der Waals surface area contributed by atoms with E-state index in [0.29, 0.717) is 34.9 Å². The van der Waals surface area contributed by atoms with E-state index in [4.69, 9.17) is 5.73 Å². The SMILES string of the molecule is Cc1cc2nc(Nc3ccc(S(=O)(=O)NCCN4CCCC4)cc3)nnc2cc1N. The van der Waals surface area contributed by atoms with Crippen LogP contribution in [0.4, 0.5) is 17.3 Å². The number of aryl methyl sites for hydroxylation is 1. The Hall–Kier alpha value is -2.82. The molecule has 4 rings (SSSR count). The molecule has 1 aliphatic heterocycles. The summed E-state index contributed by atoms with van der Waals surface area (Å²) in [4.78, 5) is 6.93. The van der Waals surface area contributed by atoms with Gasteiger partial charge < -0.3 is 16.0 Å². The normalized spacial score (nSPS) is 15.0. The van der Waals surface area contributed by atoms with Gasteiger partial charge in [0.15, 0.2) is 0 Å². The molecular formula is C20H25N7O2S. The zero-order chi connectivity index (χ0) is 21.1. The number of rotatable bonds is 7. The van der Waals surface area contributed by atoms with Gasteiger partial charge in [-0.2, -0.15) is 0 Å². The fourth-order valence-corrected chi connectivity index (χ4v) is 4.45. The third kappa shape index (κ3) is 4.66. The number of hydrogen-bond acceptors (Lipinski definition) is 8. The van der Waals surface area contributed by atoms with Crippen LogP contribution in [-0.4, -0.2) is 54.7 Å². The number of benzene rings is 2. The summed E-state index contributed by atoms with van der Waals surface area (Å²) in [5, 5.41) is 11.2. The van der Waals surface area contributed by atoms with E-state index in [9.17, 15) is 8.42 Å². The van der Waals surface area contributed by atoms with E-state index in [1.54, 1.807) is 30.3 Å². The van der Waals surface area contributed by atoms with Crippen molar-refractivity contribution in [1.29, 1.82) is 0 Å². The molecule has 158 valence electrons. The molecule has 3 aromatic rings. The van der Waals surface area contributed by atoms with Crippen LogP contribution in [0.3, 0.4) is 0 Å². The Balaban J connectivity index is 1.41. The molecule has 0 radical (unpaired) electrons. The molecule has 1 saturated heterocycles. The van der Waals surface area contributed by atoms with Crippen LogP contribution >= 0.6 is 0 Å². The molecule has 0 saturated carbocycles. The number of nitrogens with one attached hydrogen (secondary N) is 2. The van der Waals surface area contributed by atoms with Crippen LogP contribution in [0.1, 0.15) is 18.4 Å². The summed E-state index contributed by atoms with van der Waals surface area (Å²) in [5.74, 6) is 0.325. The van der Waals surface area contributed by atoms with E-state index in [2.05, 4.69) is 30.1 Å². The average molecular weight is 428 g/mol. The van der Waals surface area contributed by atoms with Crippen molar-refractivity contribution in [2.24, 2.45) is 0 Å². The smallest absolute Gasteiger partial charge is 0.247 e. The van der Waals surface area contributed by atoms with E-state index in [-0.39, 0.29) is 4.90 Å². The maximum Gasteiger partial charge on any atom is 0.247 e. The lowest BCUT2D eigenvalue weighted by molar-refractivity contribution is 0.344. The van der Waals surface area contributed by atoms with Crippen molar-refractivity contribution in [3.8, 4) is 0 Å². The van der Waals surface area contributed by atoms with E-state index in [1.165, 1.54) is 12.8 Å². The summed E-state index contributed by atoms with van der Waals surface area (Å²) >= 11 is 0. The molecule has 0 bridgehead atoms. The third-order valence-electron chi connectivity index (χ3n) is 5.18. The van der Waals surface area contributed by atoms with Gasteiger partial charge in [0.05, 0.1) is 10.4 Å². The molecule has 0 aliphatic carbocycles. The molecule has 1 fully saturated rings. The van der Waals surface area contributed by atoms with Crippen molar-refractivity contribution in [1.82, 2.24) is 24.8 Å². The van der Waals surface area contributed by atoms with Gasteiger partial charge in [-0.05, 0) is 74.8 Å². The second-order valence-corrected chi connectivity index (χ2v) is 9.20. The summed E-state index contributed by atoms with van der Waals surface area (Å²) in [7, 11) is -3.54. The highest BCUT2D eigenvalue weighted by molar-refractivity contribution is 7.89. The molecule has 2 heterocycles. The van der Waals surface area contributed by atoms with Gasteiger partial charge in [0, 0.05) is 24.5 Å². The number of nitrogens with zero attached hydrogens (tertiary/aromatic N) is 4. The molecule has 2 aromatic carbocycles. The number of hydrogen-bond donors (Lipinski definition) is 3. The van der Waals surface area contributed by atoms with Crippen molar-refractivity contribution >= 4 is 38.4 Å². The van der Waals surface area contributed by atoms with Crippen molar-refractivity contribution in [3.05, 3.63) is 42.0 Å². The van der Waals surface area contributed by atoms with E-state index in [0.717, 1.165) is 25.2 Å². The van der Waals surface area contributed by atoms with E-state index >= 15 is 0 Å². The highest BCUT2D eigenvalue weighted by atomic mass is 32.2. The summed E-state index contributed by atoms with van der Waals surface area (Å²) in [6, 6.07) is 10.1. The number of fused-ring (bicyclic) bond motifs is 1. The molecule has 0 spiro atoms. The van der Waals surface area contributed by atoms with Crippen LogP contribution in [0.15, 0.2) is 41.3 Å². The molecule has 9 nitrogen and oxygen atoms in total. The van der Waals surface area contributed by atoms with Gasteiger partial charge in [-0.25, -0.2) is 18.1 Å². The predicted octanol–water partition coefficient (Wildman–Crippen LogP) is 2.03. The van der Waals surface area contributed by atoms with Gasteiger partial charge in [-0.1, -0.05) is 0 Å². The molecule has 1 aliphatic rings. The van der Waals surface area contributed by atoms with Gasteiger partial charge in [0.1, 0.15) is 5.52 Å². The van der Waals surface area contributed by atoms with Gasteiger partial charge in [-0.3, -0.25) is 0 Å². The van der Waals surface area contributed by atoms with Crippen LogP contribution < -0.4 is 15.8 Å². The van der Waals surface area contributed by atoms with Crippen LogP contribution in [0.2, 0.25) is 0 Å². The molecule has 30 heavy (non-hydrogen) atoms. The molecule has 4 N–H and O–H groups in total. The topological polar surface area (TPSA) is 126 Å². The Morgan fingerprint density at radius 2 is 1.80 bits per heavy atom. The van der Waals surface area contributed by atoms with Gasteiger partial charge >= 0.3 is 0 Å².